The molecule has 228 valence electrons. The first-order valence-corrected chi connectivity index (χ1v) is 15.3. The van der Waals surface area contributed by atoms with Crippen molar-refractivity contribution in [2.75, 3.05) is 41.7 Å². The molecule has 0 saturated carbocycles. The van der Waals surface area contributed by atoms with Crippen LogP contribution in [-0.2, 0) is 0 Å². The molecule has 0 fully saturated rings. The van der Waals surface area contributed by atoms with E-state index in [0.717, 1.165) is 52.2 Å². The van der Waals surface area contributed by atoms with Crippen molar-refractivity contribution in [2.24, 2.45) is 0 Å². The van der Waals surface area contributed by atoms with Gasteiger partial charge in [-0.1, -0.05) is 42.5 Å². The maximum atomic E-state index is 6.12. The zero-order valence-electron chi connectivity index (χ0n) is 25.5. The molecule has 0 aliphatic carbocycles. The molecule has 0 amide bonds. The molecule has 0 aliphatic heterocycles. The van der Waals surface area contributed by atoms with Gasteiger partial charge < -0.3 is 28.4 Å². The van der Waals surface area contributed by atoms with Crippen LogP contribution in [0.1, 0.15) is 30.4 Å². The molecule has 0 spiro atoms. The summed E-state index contributed by atoms with van der Waals surface area (Å²) >= 11 is 1.70. The highest BCUT2D eigenvalue weighted by atomic mass is 32.1. The number of aromatic nitrogens is 1. The summed E-state index contributed by atoms with van der Waals surface area (Å²) in [6.07, 6.45) is 6.83. The van der Waals surface area contributed by atoms with Gasteiger partial charge in [-0.05, 0) is 78.9 Å². The molecule has 8 heteroatoms. The van der Waals surface area contributed by atoms with Crippen LogP contribution in [0, 0.1) is 0 Å². The van der Waals surface area contributed by atoms with Crippen LogP contribution in [0.4, 0.5) is 0 Å². The predicted molar refractivity (Wildman–Crippen MR) is 178 cm³/mol. The summed E-state index contributed by atoms with van der Waals surface area (Å²) in [4.78, 5) is 4.76. The molecule has 0 aliphatic rings. The third-order valence-electron chi connectivity index (χ3n) is 7.03. The number of rotatable bonds is 15. The van der Waals surface area contributed by atoms with Crippen LogP contribution < -0.4 is 28.4 Å². The Bertz CT molecular complexity index is 1650. The highest BCUT2D eigenvalue weighted by Gasteiger charge is 2.12. The number of fused-ring (bicyclic) bond motifs is 1. The quantitative estimate of drug-likeness (QED) is 0.0866. The second-order valence-electron chi connectivity index (χ2n) is 9.97. The Hall–Kier alpha value is -4.69. The average Bonchev–Trinajstić information content (AvgIpc) is 3.51. The molecule has 0 N–H and O–H groups in total. The summed E-state index contributed by atoms with van der Waals surface area (Å²) in [5, 5.41) is 1.00. The number of nitrogens with zero attached hydrogens (tertiary/aromatic N) is 1. The van der Waals surface area contributed by atoms with Crippen LogP contribution in [0.3, 0.4) is 0 Å². The summed E-state index contributed by atoms with van der Waals surface area (Å²) in [5.74, 6) is 4.05. The maximum Gasteiger partial charge on any atom is 0.203 e. The number of hydrogen-bond donors (Lipinski definition) is 0. The summed E-state index contributed by atoms with van der Waals surface area (Å²) in [6, 6.07) is 26.1. The van der Waals surface area contributed by atoms with Gasteiger partial charge in [0.15, 0.2) is 23.0 Å². The van der Waals surface area contributed by atoms with Crippen molar-refractivity contribution >= 4 is 33.7 Å². The number of methoxy groups -OCH3 is 4. The molecule has 0 radical (unpaired) electrons. The van der Waals surface area contributed by atoms with E-state index in [2.05, 4.69) is 18.2 Å². The van der Waals surface area contributed by atoms with Crippen molar-refractivity contribution in [1.29, 1.82) is 0 Å². The largest absolute Gasteiger partial charge is 0.494 e. The van der Waals surface area contributed by atoms with Gasteiger partial charge in [0.25, 0.3) is 0 Å². The minimum absolute atomic E-state index is 0.564. The Labute approximate surface area is 262 Å². The van der Waals surface area contributed by atoms with Crippen molar-refractivity contribution in [1.82, 2.24) is 4.98 Å². The van der Waals surface area contributed by atoms with E-state index in [0.29, 0.717) is 42.0 Å². The van der Waals surface area contributed by atoms with Gasteiger partial charge in [0, 0.05) is 5.56 Å². The highest BCUT2D eigenvalue weighted by Crippen LogP contribution is 2.39. The van der Waals surface area contributed by atoms with Crippen LogP contribution in [0.25, 0.3) is 32.9 Å². The van der Waals surface area contributed by atoms with Gasteiger partial charge in [-0.25, -0.2) is 4.98 Å². The molecule has 7 nitrogen and oxygen atoms in total. The smallest absolute Gasteiger partial charge is 0.203 e. The Morgan fingerprint density at radius 3 is 2.05 bits per heavy atom. The number of ether oxygens (including phenoxy) is 6. The molecule has 44 heavy (non-hydrogen) atoms. The summed E-state index contributed by atoms with van der Waals surface area (Å²) in [7, 11) is 6.45. The number of para-hydroxylation sites is 1. The molecule has 5 rings (SSSR count). The molecular formula is C36H37NO6S. The first-order valence-electron chi connectivity index (χ1n) is 14.5. The Morgan fingerprint density at radius 1 is 0.614 bits per heavy atom. The van der Waals surface area contributed by atoms with Gasteiger partial charge in [0.05, 0.1) is 51.9 Å². The third kappa shape index (κ3) is 7.63. The molecule has 0 atom stereocenters. The average molecular weight is 612 g/mol. The van der Waals surface area contributed by atoms with Gasteiger partial charge in [-0.15, -0.1) is 11.3 Å². The fourth-order valence-electron chi connectivity index (χ4n) is 4.77. The number of hydrogen-bond acceptors (Lipinski definition) is 8. The van der Waals surface area contributed by atoms with Gasteiger partial charge in [0.2, 0.25) is 5.75 Å². The molecule has 1 aromatic heterocycles. The monoisotopic (exact) mass is 611 g/mol. The maximum absolute atomic E-state index is 6.12. The van der Waals surface area contributed by atoms with Crippen molar-refractivity contribution < 1.29 is 28.4 Å². The zero-order valence-corrected chi connectivity index (χ0v) is 26.3. The van der Waals surface area contributed by atoms with E-state index in [9.17, 15) is 0 Å². The van der Waals surface area contributed by atoms with Crippen LogP contribution in [-0.4, -0.2) is 46.6 Å². The van der Waals surface area contributed by atoms with Crippen LogP contribution in [0.2, 0.25) is 0 Å². The lowest BCUT2D eigenvalue weighted by atomic mass is 10.1. The minimum Gasteiger partial charge on any atom is -0.494 e. The molecule has 1 heterocycles. The van der Waals surface area contributed by atoms with E-state index in [1.54, 1.807) is 39.8 Å². The van der Waals surface area contributed by atoms with E-state index < -0.39 is 0 Å². The summed E-state index contributed by atoms with van der Waals surface area (Å²) in [5.41, 5.74) is 4.00. The van der Waals surface area contributed by atoms with E-state index in [1.165, 1.54) is 4.70 Å². The first-order chi connectivity index (χ1) is 21.6. The fourth-order valence-corrected chi connectivity index (χ4v) is 5.73. The van der Waals surface area contributed by atoms with E-state index in [1.807, 2.05) is 72.8 Å². The van der Waals surface area contributed by atoms with Gasteiger partial charge in [-0.3, -0.25) is 0 Å². The molecule has 0 saturated heterocycles. The van der Waals surface area contributed by atoms with Crippen LogP contribution in [0.5, 0.6) is 34.5 Å². The van der Waals surface area contributed by atoms with Crippen LogP contribution >= 0.6 is 11.3 Å². The van der Waals surface area contributed by atoms with Crippen molar-refractivity contribution in [3.05, 3.63) is 90.0 Å². The normalized spacial score (nSPS) is 11.1. The predicted octanol–water partition coefficient (Wildman–Crippen LogP) is 8.80. The summed E-state index contributed by atoms with van der Waals surface area (Å²) in [6.45, 7) is 1.23. The van der Waals surface area contributed by atoms with Crippen molar-refractivity contribution in [2.45, 2.75) is 19.3 Å². The van der Waals surface area contributed by atoms with Gasteiger partial charge in [0.1, 0.15) is 10.8 Å². The second-order valence-corrected chi connectivity index (χ2v) is 11.0. The first kappa shape index (κ1) is 30.8. The number of unbranched alkanes of at least 4 members (excludes halogenated alkanes) is 2. The van der Waals surface area contributed by atoms with Gasteiger partial charge in [-0.2, -0.15) is 0 Å². The van der Waals surface area contributed by atoms with Crippen molar-refractivity contribution in [3.8, 4) is 45.1 Å². The Balaban J connectivity index is 1.10. The molecule has 0 unspecified atom stereocenters. The molecular weight excluding hydrogens is 574 g/mol. The van der Waals surface area contributed by atoms with E-state index in [4.69, 9.17) is 33.4 Å². The number of benzene rings is 4. The van der Waals surface area contributed by atoms with Crippen LogP contribution in [0.15, 0.2) is 78.9 Å². The lowest BCUT2D eigenvalue weighted by molar-refractivity contribution is 0.270. The Kier molecular flexibility index (Phi) is 10.6. The fraction of sp³-hybridized carbons (Fsp3) is 0.250. The zero-order chi connectivity index (χ0) is 30.7. The van der Waals surface area contributed by atoms with E-state index >= 15 is 0 Å². The lowest BCUT2D eigenvalue weighted by Crippen LogP contribution is -2.02. The lowest BCUT2D eigenvalue weighted by Gasteiger charge is -2.13. The third-order valence-corrected chi connectivity index (χ3v) is 8.12. The Morgan fingerprint density at radius 2 is 1.32 bits per heavy atom. The highest BCUT2D eigenvalue weighted by molar-refractivity contribution is 7.21. The van der Waals surface area contributed by atoms with Crippen molar-refractivity contribution in [3.63, 3.8) is 0 Å². The SMILES string of the molecule is COc1ccc(/C=C\c2cc(OC)c(OC)c(OC)c2)cc1OCCCCCOc1cccc(-c2nc3ccccc3s2)c1. The molecule has 4 aromatic carbocycles. The second kappa shape index (κ2) is 15.2. The summed E-state index contributed by atoms with van der Waals surface area (Å²) < 4.78 is 35.2. The molecule has 5 aromatic rings. The molecule has 0 bridgehead atoms. The standard InChI is InChI=1S/C36H37NO6S/c1-38-30-18-17-25(15-16-26-22-32(39-2)35(41-4)33(23-26)40-3)21-31(30)43-20-9-5-8-19-42-28-12-10-11-27(24-28)36-37-29-13-6-7-14-34(29)44-36/h6-7,10-18,21-24H,5,8-9,19-20H2,1-4H3/b16-15-. The topological polar surface area (TPSA) is 68.3 Å². The number of thiazole rings is 1. The minimum atomic E-state index is 0.564. The van der Waals surface area contributed by atoms with E-state index in [-0.39, 0.29) is 0 Å². The van der Waals surface area contributed by atoms with Gasteiger partial charge >= 0.3 is 0 Å².